The zero-order valence-electron chi connectivity index (χ0n) is 11.0. The zero-order valence-corrected chi connectivity index (χ0v) is 11.0. The molecule has 2 aromatic rings. The summed E-state index contributed by atoms with van der Waals surface area (Å²) in [5.74, 6) is 0. The van der Waals surface area contributed by atoms with Crippen molar-refractivity contribution in [3.63, 3.8) is 0 Å². The summed E-state index contributed by atoms with van der Waals surface area (Å²) in [5, 5.41) is 1.16. The van der Waals surface area contributed by atoms with Gasteiger partial charge in [0.1, 0.15) is 0 Å². The van der Waals surface area contributed by atoms with Crippen molar-refractivity contribution in [2.24, 2.45) is 5.41 Å². The highest BCUT2D eigenvalue weighted by Gasteiger charge is 2.30. The van der Waals surface area contributed by atoms with Gasteiger partial charge in [-0.15, -0.1) is 0 Å². The van der Waals surface area contributed by atoms with Crippen molar-refractivity contribution in [1.29, 1.82) is 0 Å². The summed E-state index contributed by atoms with van der Waals surface area (Å²) in [4.78, 5) is 6.80. The molecule has 1 aromatic carbocycles. The molecule has 3 heteroatoms. The number of para-hydroxylation sites is 1. The van der Waals surface area contributed by atoms with Gasteiger partial charge in [0.15, 0.2) is 0 Å². The van der Waals surface area contributed by atoms with Crippen molar-refractivity contribution in [3.05, 3.63) is 30.5 Å². The van der Waals surface area contributed by atoms with Crippen molar-refractivity contribution in [2.75, 3.05) is 23.7 Å². The smallest absolute Gasteiger partial charge is 0.0745 e. The van der Waals surface area contributed by atoms with Crippen LogP contribution in [0.2, 0.25) is 0 Å². The van der Waals surface area contributed by atoms with E-state index in [4.69, 9.17) is 5.73 Å². The number of benzene rings is 1. The molecule has 1 aliphatic rings. The van der Waals surface area contributed by atoms with E-state index in [0.717, 1.165) is 35.4 Å². The van der Waals surface area contributed by atoms with Crippen molar-refractivity contribution in [1.82, 2.24) is 4.98 Å². The number of hydrogen-bond acceptors (Lipinski definition) is 3. The quantitative estimate of drug-likeness (QED) is 0.834. The third-order valence-corrected chi connectivity index (χ3v) is 3.77. The Hall–Kier alpha value is -1.77. The highest BCUT2D eigenvalue weighted by atomic mass is 15.2. The summed E-state index contributed by atoms with van der Waals surface area (Å²) < 4.78 is 0. The lowest BCUT2D eigenvalue weighted by Crippen LogP contribution is -2.24. The fraction of sp³-hybridized carbons (Fsp3) is 0.400. The first-order chi connectivity index (χ1) is 8.57. The molecule has 3 rings (SSSR count). The van der Waals surface area contributed by atoms with Crippen LogP contribution in [-0.2, 0) is 0 Å². The fourth-order valence-electron chi connectivity index (χ4n) is 2.80. The Labute approximate surface area is 108 Å². The molecule has 1 saturated heterocycles. The van der Waals surface area contributed by atoms with Crippen LogP contribution in [-0.4, -0.2) is 18.1 Å². The van der Waals surface area contributed by atoms with Crippen LogP contribution in [0.4, 0.5) is 11.4 Å². The van der Waals surface area contributed by atoms with E-state index in [0.29, 0.717) is 5.41 Å². The van der Waals surface area contributed by atoms with E-state index < -0.39 is 0 Å². The fourth-order valence-corrected chi connectivity index (χ4v) is 2.80. The maximum atomic E-state index is 6.15. The maximum Gasteiger partial charge on any atom is 0.0745 e. The van der Waals surface area contributed by atoms with E-state index in [9.17, 15) is 0 Å². The molecule has 18 heavy (non-hydrogen) atoms. The van der Waals surface area contributed by atoms with E-state index in [2.05, 4.69) is 29.8 Å². The Morgan fingerprint density at radius 1 is 1.28 bits per heavy atom. The molecule has 0 aliphatic carbocycles. The van der Waals surface area contributed by atoms with E-state index in [1.165, 1.54) is 6.42 Å². The molecule has 0 spiro atoms. The summed E-state index contributed by atoms with van der Waals surface area (Å²) in [6.45, 7) is 6.76. The molecule has 94 valence electrons. The van der Waals surface area contributed by atoms with Gasteiger partial charge in [0.05, 0.1) is 23.1 Å². The van der Waals surface area contributed by atoms with Gasteiger partial charge in [-0.2, -0.15) is 0 Å². The van der Waals surface area contributed by atoms with Crippen molar-refractivity contribution in [3.8, 4) is 0 Å². The number of pyridine rings is 1. The zero-order chi connectivity index (χ0) is 12.8. The molecule has 1 aliphatic heterocycles. The van der Waals surface area contributed by atoms with Gasteiger partial charge < -0.3 is 10.6 Å². The van der Waals surface area contributed by atoms with Crippen LogP contribution in [0.15, 0.2) is 30.5 Å². The van der Waals surface area contributed by atoms with Gasteiger partial charge in [-0.05, 0) is 17.9 Å². The number of rotatable bonds is 1. The topological polar surface area (TPSA) is 42.1 Å². The van der Waals surface area contributed by atoms with Gasteiger partial charge in [-0.3, -0.25) is 4.98 Å². The summed E-state index contributed by atoms with van der Waals surface area (Å²) in [5.41, 5.74) is 9.48. The van der Waals surface area contributed by atoms with E-state index in [1.807, 2.05) is 18.2 Å². The third kappa shape index (κ3) is 1.80. The molecule has 0 bridgehead atoms. The number of aromatic nitrogens is 1. The molecular weight excluding hydrogens is 222 g/mol. The molecular formula is C15H19N3. The highest BCUT2D eigenvalue weighted by molar-refractivity contribution is 5.97. The number of nitrogens with zero attached hydrogens (tertiary/aromatic N) is 2. The minimum Gasteiger partial charge on any atom is -0.396 e. The van der Waals surface area contributed by atoms with Crippen LogP contribution in [0, 0.1) is 5.41 Å². The normalized spacial score (nSPS) is 18.4. The number of nitrogen functional groups attached to an aromatic ring is 1. The van der Waals surface area contributed by atoms with Gasteiger partial charge in [-0.1, -0.05) is 32.0 Å². The lowest BCUT2D eigenvalue weighted by molar-refractivity contribution is 0.419. The summed E-state index contributed by atoms with van der Waals surface area (Å²) in [7, 11) is 0. The number of anilines is 2. The lowest BCUT2D eigenvalue weighted by atomic mass is 9.93. The summed E-state index contributed by atoms with van der Waals surface area (Å²) in [6.07, 6.45) is 2.99. The second kappa shape index (κ2) is 3.87. The molecule has 3 nitrogen and oxygen atoms in total. The van der Waals surface area contributed by atoms with Crippen LogP contribution in [0.1, 0.15) is 20.3 Å². The van der Waals surface area contributed by atoms with Gasteiger partial charge in [0, 0.05) is 18.5 Å². The van der Waals surface area contributed by atoms with Crippen LogP contribution in [0.5, 0.6) is 0 Å². The molecule has 1 aromatic heterocycles. The van der Waals surface area contributed by atoms with Crippen LogP contribution in [0.3, 0.4) is 0 Å². The molecule has 2 heterocycles. The predicted octanol–water partition coefficient (Wildman–Crippen LogP) is 3.05. The van der Waals surface area contributed by atoms with Crippen LogP contribution in [0.25, 0.3) is 10.9 Å². The van der Waals surface area contributed by atoms with Crippen LogP contribution >= 0.6 is 0 Å². The number of hydrogen-bond donors (Lipinski definition) is 1. The van der Waals surface area contributed by atoms with Crippen molar-refractivity contribution in [2.45, 2.75) is 20.3 Å². The van der Waals surface area contributed by atoms with E-state index >= 15 is 0 Å². The Morgan fingerprint density at radius 3 is 2.78 bits per heavy atom. The highest BCUT2D eigenvalue weighted by Crippen LogP contribution is 2.38. The first-order valence-electron chi connectivity index (χ1n) is 6.45. The van der Waals surface area contributed by atoms with Crippen molar-refractivity contribution < 1.29 is 0 Å². The molecule has 2 N–H and O–H groups in total. The molecule has 0 atom stereocenters. The first kappa shape index (κ1) is 11.3. The first-order valence-corrected chi connectivity index (χ1v) is 6.45. The molecule has 0 radical (unpaired) electrons. The molecule has 1 fully saturated rings. The average molecular weight is 241 g/mol. The molecule has 0 saturated carbocycles. The Morgan fingerprint density at radius 2 is 2.06 bits per heavy atom. The van der Waals surface area contributed by atoms with E-state index in [1.54, 1.807) is 6.20 Å². The van der Waals surface area contributed by atoms with Gasteiger partial charge in [0.25, 0.3) is 0 Å². The monoisotopic (exact) mass is 241 g/mol. The second-order valence-electron chi connectivity index (χ2n) is 5.92. The summed E-state index contributed by atoms with van der Waals surface area (Å²) in [6, 6.07) is 8.22. The Bertz CT molecular complexity index is 589. The lowest BCUT2D eigenvalue weighted by Gasteiger charge is -2.24. The van der Waals surface area contributed by atoms with Crippen LogP contribution < -0.4 is 10.6 Å². The number of fused-ring (bicyclic) bond motifs is 1. The Kier molecular flexibility index (Phi) is 2.44. The maximum absolute atomic E-state index is 6.15. The SMILES string of the molecule is CC1(C)CCN(c2c(N)cnc3ccccc23)C1. The standard InChI is InChI=1S/C15H19N3/c1-15(2)7-8-18(10-15)14-11-5-3-4-6-13(11)17-9-12(14)16/h3-6,9H,7-8,10,16H2,1-2H3. The minimum absolute atomic E-state index is 0.372. The average Bonchev–Trinajstić information content (AvgIpc) is 2.69. The minimum atomic E-state index is 0.372. The van der Waals surface area contributed by atoms with Gasteiger partial charge in [-0.25, -0.2) is 0 Å². The number of nitrogens with two attached hydrogens (primary N) is 1. The molecule has 0 unspecified atom stereocenters. The van der Waals surface area contributed by atoms with E-state index in [-0.39, 0.29) is 0 Å². The van der Waals surface area contributed by atoms with Crippen molar-refractivity contribution >= 4 is 22.3 Å². The largest absolute Gasteiger partial charge is 0.396 e. The van der Waals surface area contributed by atoms with Gasteiger partial charge >= 0.3 is 0 Å². The Balaban J connectivity index is 2.14. The molecule has 0 amide bonds. The second-order valence-corrected chi connectivity index (χ2v) is 5.92. The summed E-state index contributed by atoms with van der Waals surface area (Å²) >= 11 is 0. The third-order valence-electron chi connectivity index (χ3n) is 3.77. The van der Waals surface area contributed by atoms with Gasteiger partial charge in [0.2, 0.25) is 0 Å². The predicted molar refractivity (Wildman–Crippen MR) is 76.8 cm³/mol.